The van der Waals surface area contributed by atoms with E-state index in [1.165, 1.54) is 0 Å². The second-order valence-electron chi connectivity index (χ2n) is 6.33. The molecule has 1 atom stereocenters. The lowest BCUT2D eigenvalue weighted by Crippen LogP contribution is -2.40. The smallest absolute Gasteiger partial charge is 0.254 e. The Labute approximate surface area is 147 Å². The minimum atomic E-state index is -3.05. The van der Waals surface area contributed by atoms with Crippen molar-refractivity contribution in [1.29, 1.82) is 0 Å². The van der Waals surface area contributed by atoms with E-state index in [4.69, 9.17) is 0 Å². The average molecular weight is 364 g/mol. The molecule has 1 amide bonds. The van der Waals surface area contributed by atoms with Crippen molar-refractivity contribution in [2.45, 2.75) is 32.9 Å². The molecule has 3 rings (SSSR count). The van der Waals surface area contributed by atoms with Crippen molar-refractivity contribution in [3.05, 3.63) is 57.3 Å². The summed E-state index contributed by atoms with van der Waals surface area (Å²) in [5.41, 5.74) is 2.70. The summed E-state index contributed by atoms with van der Waals surface area (Å²) < 4.78 is 23.8. The molecule has 0 unspecified atom stereocenters. The SMILES string of the molecule is Cc1ccccc1C(=O)N(Cc1sccc1C)[C@@H]1CCS(=O)(=O)C1. The molecule has 128 valence electrons. The van der Waals surface area contributed by atoms with Gasteiger partial charge in [0.1, 0.15) is 0 Å². The molecule has 0 radical (unpaired) electrons. The fraction of sp³-hybridized carbons (Fsp3) is 0.389. The van der Waals surface area contributed by atoms with Gasteiger partial charge in [0.25, 0.3) is 5.91 Å². The Hall–Kier alpha value is -1.66. The summed E-state index contributed by atoms with van der Waals surface area (Å²) in [6.45, 7) is 4.40. The van der Waals surface area contributed by atoms with E-state index in [0.29, 0.717) is 18.5 Å². The van der Waals surface area contributed by atoms with E-state index in [0.717, 1.165) is 16.0 Å². The first-order chi connectivity index (χ1) is 11.4. The minimum Gasteiger partial charge on any atom is -0.329 e. The molecule has 2 aromatic rings. The van der Waals surface area contributed by atoms with Crippen molar-refractivity contribution in [1.82, 2.24) is 4.90 Å². The van der Waals surface area contributed by atoms with Gasteiger partial charge in [-0.3, -0.25) is 4.79 Å². The second-order valence-corrected chi connectivity index (χ2v) is 9.56. The Morgan fingerprint density at radius 2 is 1.96 bits per heavy atom. The molecule has 0 bridgehead atoms. The van der Waals surface area contributed by atoms with Crippen LogP contribution in [-0.4, -0.2) is 36.8 Å². The number of hydrogen-bond donors (Lipinski definition) is 0. The van der Waals surface area contributed by atoms with Gasteiger partial charge in [0.15, 0.2) is 9.84 Å². The molecule has 2 heterocycles. The summed E-state index contributed by atoms with van der Waals surface area (Å²) in [7, 11) is -3.05. The molecule has 1 aliphatic rings. The topological polar surface area (TPSA) is 54.5 Å². The van der Waals surface area contributed by atoms with Gasteiger partial charge >= 0.3 is 0 Å². The second kappa shape index (κ2) is 6.69. The summed E-state index contributed by atoms with van der Waals surface area (Å²) >= 11 is 1.61. The number of thiophene rings is 1. The highest BCUT2D eigenvalue weighted by Crippen LogP contribution is 2.26. The number of hydrogen-bond acceptors (Lipinski definition) is 4. The molecule has 24 heavy (non-hydrogen) atoms. The van der Waals surface area contributed by atoms with Crippen LogP contribution in [0.1, 0.15) is 32.8 Å². The van der Waals surface area contributed by atoms with E-state index in [-0.39, 0.29) is 23.5 Å². The van der Waals surface area contributed by atoms with Crippen LogP contribution in [0.3, 0.4) is 0 Å². The highest BCUT2D eigenvalue weighted by atomic mass is 32.2. The van der Waals surface area contributed by atoms with Gasteiger partial charge in [0.05, 0.1) is 18.1 Å². The van der Waals surface area contributed by atoms with Gasteiger partial charge in [0, 0.05) is 16.5 Å². The lowest BCUT2D eigenvalue weighted by atomic mass is 10.1. The largest absolute Gasteiger partial charge is 0.329 e. The molecule has 0 N–H and O–H groups in total. The molecule has 1 aliphatic heterocycles. The predicted molar refractivity (Wildman–Crippen MR) is 97.2 cm³/mol. The summed E-state index contributed by atoms with van der Waals surface area (Å²) in [6.07, 6.45) is 0.518. The van der Waals surface area contributed by atoms with Crippen LogP contribution in [0, 0.1) is 13.8 Å². The van der Waals surface area contributed by atoms with Crippen LogP contribution >= 0.6 is 11.3 Å². The first-order valence-electron chi connectivity index (χ1n) is 7.97. The molecule has 1 aromatic heterocycles. The quantitative estimate of drug-likeness (QED) is 0.838. The van der Waals surface area contributed by atoms with Gasteiger partial charge < -0.3 is 4.90 Å². The Morgan fingerprint density at radius 3 is 2.54 bits per heavy atom. The molecule has 0 aliphatic carbocycles. The van der Waals surface area contributed by atoms with E-state index in [9.17, 15) is 13.2 Å². The molecular weight excluding hydrogens is 342 g/mol. The standard InChI is InChI=1S/C18H21NO3S2/c1-13-5-3-4-6-16(13)18(20)19(11-17-14(2)7-9-23-17)15-8-10-24(21,22)12-15/h3-7,9,15H,8,10-12H2,1-2H3/t15-/m1/s1. The van der Waals surface area contributed by atoms with Crippen molar-refractivity contribution < 1.29 is 13.2 Å². The fourth-order valence-electron chi connectivity index (χ4n) is 3.08. The van der Waals surface area contributed by atoms with Crippen LogP contribution in [0.15, 0.2) is 35.7 Å². The maximum absolute atomic E-state index is 13.1. The van der Waals surface area contributed by atoms with Gasteiger partial charge in [-0.2, -0.15) is 0 Å². The van der Waals surface area contributed by atoms with E-state index in [2.05, 4.69) is 0 Å². The van der Waals surface area contributed by atoms with Gasteiger partial charge in [0.2, 0.25) is 0 Å². The Bertz CT molecular complexity index is 855. The zero-order chi connectivity index (χ0) is 17.3. The van der Waals surface area contributed by atoms with E-state index in [1.807, 2.05) is 49.6 Å². The Balaban J connectivity index is 1.94. The van der Waals surface area contributed by atoms with Crippen molar-refractivity contribution >= 4 is 27.1 Å². The average Bonchev–Trinajstić information content (AvgIpc) is 3.10. The zero-order valence-electron chi connectivity index (χ0n) is 13.9. The van der Waals surface area contributed by atoms with Gasteiger partial charge in [-0.25, -0.2) is 8.42 Å². The predicted octanol–water partition coefficient (Wildman–Crippen LogP) is 3.19. The zero-order valence-corrected chi connectivity index (χ0v) is 15.5. The van der Waals surface area contributed by atoms with Crippen LogP contribution in [0.4, 0.5) is 0 Å². The van der Waals surface area contributed by atoms with Crippen LogP contribution in [0.2, 0.25) is 0 Å². The summed E-state index contributed by atoms with van der Waals surface area (Å²) in [6, 6.07) is 9.26. The Morgan fingerprint density at radius 1 is 1.21 bits per heavy atom. The van der Waals surface area contributed by atoms with E-state index < -0.39 is 9.84 Å². The number of carbonyl (C=O) groups is 1. The maximum Gasteiger partial charge on any atom is 0.254 e. The van der Waals surface area contributed by atoms with Gasteiger partial charge in [-0.15, -0.1) is 11.3 Å². The number of benzene rings is 1. The third kappa shape index (κ3) is 3.54. The van der Waals surface area contributed by atoms with Gasteiger partial charge in [-0.1, -0.05) is 18.2 Å². The van der Waals surface area contributed by atoms with Crippen molar-refractivity contribution in [2.24, 2.45) is 0 Å². The summed E-state index contributed by atoms with van der Waals surface area (Å²) in [5, 5.41) is 2.01. The molecule has 1 aromatic carbocycles. The molecular formula is C18H21NO3S2. The normalized spacial score (nSPS) is 19.3. The highest BCUT2D eigenvalue weighted by molar-refractivity contribution is 7.91. The number of carbonyl (C=O) groups excluding carboxylic acids is 1. The number of sulfone groups is 1. The monoisotopic (exact) mass is 363 g/mol. The Kier molecular flexibility index (Phi) is 4.78. The van der Waals surface area contributed by atoms with Crippen molar-refractivity contribution in [3.8, 4) is 0 Å². The van der Waals surface area contributed by atoms with Crippen molar-refractivity contribution in [2.75, 3.05) is 11.5 Å². The summed E-state index contributed by atoms with van der Waals surface area (Å²) in [4.78, 5) is 16.0. The summed E-state index contributed by atoms with van der Waals surface area (Å²) in [5.74, 6) is 0.149. The van der Waals surface area contributed by atoms with Crippen molar-refractivity contribution in [3.63, 3.8) is 0 Å². The number of nitrogens with zero attached hydrogens (tertiary/aromatic N) is 1. The molecule has 0 saturated carbocycles. The number of aryl methyl sites for hydroxylation is 2. The van der Waals surface area contributed by atoms with Gasteiger partial charge in [-0.05, 0) is 48.9 Å². The third-order valence-corrected chi connectivity index (χ3v) is 7.33. The van der Waals surface area contributed by atoms with E-state index >= 15 is 0 Å². The first-order valence-corrected chi connectivity index (χ1v) is 10.7. The molecule has 1 saturated heterocycles. The minimum absolute atomic E-state index is 0.0645. The fourth-order valence-corrected chi connectivity index (χ4v) is 5.71. The highest BCUT2D eigenvalue weighted by Gasteiger charge is 2.35. The van der Waals surface area contributed by atoms with Crippen LogP contribution in [0.5, 0.6) is 0 Å². The lowest BCUT2D eigenvalue weighted by molar-refractivity contribution is 0.0682. The molecule has 4 nitrogen and oxygen atoms in total. The number of amides is 1. The van der Waals surface area contributed by atoms with E-state index in [1.54, 1.807) is 16.2 Å². The molecule has 0 spiro atoms. The maximum atomic E-state index is 13.1. The first kappa shape index (κ1) is 17.2. The van der Waals surface area contributed by atoms with Crippen LogP contribution in [0.25, 0.3) is 0 Å². The molecule has 6 heteroatoms. The van der Waals surface area contributed by atoms with Crippen LogP contribution in [-0.2, 0) is 16.4 Å². The third-order valence-electron chi connectivity index (χ3n) is 4.57. The number of rotatable bonds is 4. The van der Waals surface area contributed by atoms with Crippen LogP contribution < -0.4 is 0 Å². The molecule has 1 fully saturated rings. The lowest BCUT2D eigenvalue weighted by Gasteiger charge is -2.29.